The number of para-hydroxylation sites is 1. The van der Waals surface area contributed by atoms with Crippen molar-refractivity contribution in [2.24, 2.45) is 0 Å². The molecule has 0 fully saturated rings. The highest BCUT2D eigenvalue weighted by Crippen LogP contribution is 2.14. The molecule has 26 heavy (non-hydrogen) atoms. The molecule has 0 saturated heterocycles. The minimum absolute atomic E-state index is 0.163. The zero-order chi connectivity index (χ0) is 18.0. The summed E-state index contributed by atoms with van der Waals surface area (Å²) in [6, 6.07) is 13.6. The number of aromatic nitrogens is 4. The van der Waals surface area contributed by atoms with Gasteiger partial charge in [0.2, 0.25) is 5.95 Å². The first-order valence-electron chi connectivity index (χ1n) is 8.61. The molecule has 2 heterocycles. The summed E-state index contributed by atoms with van der Waals surface area (Å²) >= 11 is 0. The fourth-order valence-corrected chi connectivity index (χ4v) is 2.39. The molecule has 8 nitrogen and oxygen atoms in total. The van der Waals surface area contributed by atoms with Crippen molar-refractivity contribution >= 4 is 17.5 Å². The second-order valence-corrected chi connectivity index (χ2v) is 5.66. The summed E-state index contributed by atoms with van der Waals surface area (Å²) in [5.41, 5.74) is 1.83. The van der Waals surface area contributed by atoms with E-state index < -0.39 is 0 Å². The molecule has 0 aliphatic carbocycles. The summed E-state index contributed by atoms with van der Waals surface area (Å²) in [6.07, 6.45) is 4.36. The zero-order valence-electron chi connectivity index (χ0n) is 14.5. The van der Waals surface area contributed by atoms with Crippen molar-refractivity contribution in [1.29, 1.82) is 0 Å². The first-order chi connectivity index (χ1) is 12.8. The number of aliphatic hydroxyl groups excluding tert-OH is 1. The number of pyridine rings is 1. The van der Waals surface area contributed by atoms with Gasteiger partial charge in [-0.25, -0.2) is 9.67 Å². The van der Waals surface area contributed by atoms with Crippen molar-refractivity contribution in [2.45, 2.75) is 6.42 Å². The van der Waals surface area contributed by atoms with Crippen LogP contribution in [0, 0.1) is 0 Å². The van der Waals surface area contributed by atoms with E-state index in [9.17, 15) is 0 Å². The van der Waals surface area contributed by atoms with Crippen LogP contribution in [0.3, 0.4) is 0 Å². The van der Waals surface area contributed by atoms with Gasteiger partial charge in [-0.3, -0.25) is 0 Å². The zero-order valence-corrected chi connectivity index (χ0v) is 14.5. The highest BCUT2D eigenvalue weighted by molar-refractivity contribution is 5.52. The lowest BCUT2D eigenvalue weighted by molar-refractivity contribution is 0.292. The van der Waals surface area contributed by atoms with Crippen molar-refractivity contribution in [1.82, 2.24) is 25.1 Å². The molecule has 2 aromatic heterocycles. The van der Waals surface area contributed by atoms with Gasteiger partial charge in [0.05, 0.1) is 12.3 Å². The molecule has 136 valence electrons. The van der Waals surface area contributed by atoms with Crippen LogP contribution in [0.25, 0.3) is 5.69 Å². The Balaban J connectivity index is 1.56. The SMILES string of the molecule is OCCNCCCNc1cc(-n2cnc(Nc3ccccc3)n2)ccn1. The van der Waals surface area contributed by atoms with Crippen molar-refractivity contribution < 1.29 is 5.11 Å². The summed E-state index contributed by atoms with van der Waals surface area (Å²) < 4.78 is 1.71. The Morgan fingerprint density at radius 3 is 2.73 bits per heavy atom. The number of hydrogen-bond acceptors (Lipinski definition) is 7. The third kappa shape index (κ3) is 5.27. The smallest absolute Gasteiger partial charge is 0.246 e. The topological polar surface area (TPSA) is 99.9 Å². The molecule has 3 aromatic rings. The average Bonchev–Trinajstić information content (AvgIpc) is 3.14. The number of nitrogens with one attached hydrogen (secondary N) is 3. The van der Waals surface area contributed by atoms with E-state index in [4.69, 9.17) is 5.11 Å². The van der Waals surface area contributed by atoms with Gasteiger partial charge in [-0.15, -0.1) is 5.10 Å². The Labute approximate surface area is 152 Å². The van der Waals surface area contributed by atoms with Crippen LogP contribution >= 0.6 is 0 Å². The highest BCUT2D eigenvalue weighted by atomic mass is 16.3. The molecule has 0 aliphatic rings. The van der Waals surface area contributed by atoms with Crippen LogP contribution in [0.5, 0.6) is 0 Å². The van der Waals surface area contributed by atoms with Gasteiger partial charge in [0, 0.05) is 31.0 Å². The predicted molar refractivity (Wildman–Crippen MR) is 102 cm³/mol. The molecule has 0 spiro atoms. The van der Waals surface area contributed by atoms with Crippen molar-refractivity contribution in [2.75, 3.05) is 36.9 Å². The van der Waals surface area contributed by atoms with Crippen LogP contribution < -0.4 is 16.0 Å². The molecule has 4 N–H and O–H groups in total. The lowest BCUT2D eigenvalue weighted by Crippen LogP contribution is -2.21. The lowest BCUT2D eigenvalue weighted by atomic mass is 10.3. The van der Waals surface area contributed by atoms with Crippen LogP contribution in [0.15, 0.2) is 55.0 Å². The number of anilines is 3. The van der Waals surface area contributed by atoms with Gasteiger partial charge in [-0.05, 0) is 31.2 Å². The molecule has 0 atom stereocenters. The van der Waals surface area contributed by atoms with Gasteiger partial charge in [-0.1, -0.05) is 18.2 Å². The van der Waals surface area contributed by atoms with E-state index in [1.165, 1.54) is 0 Å². The Hall–Kier alpha value is -2.97. The van der Waals surface area contributed by atoms with E-state index in [1.54, 1.807) is 17.2 Å². The Bertz CT molecular complexity index is 791. The Kier molecular flexibility index (Phi) is 6.52. The van der Waals surface area contributed by atoms with Crippen molar-refractivity contribution in [3.05, 3.63) is 55.0 Å². The van der Waals surface area contributed by atoms with Crippen molar-refractivity contribution in [3.63, 3.8) is 0 Å². The van der Waals surface area contributed by atoms with E-state index in [2.05, 4.69) is 31.0 Å². The molecule has 0 amide bonds. The maximum absolute atomic E-state index is 8.72. The molecule has 0 radical (unpaired) electrons. The van der Waals surface area contributed by atoms with Crippen LogP contribution in [0.1, 0.15) is 6.42 Å². The van der Waals surface area contributed by atoms with Crippen molar-refractivity contribution in [3.8, 4) is 5.69 Å². The van der Waals surface area contributed by atoms with E-state index >= 15 is 0 Å². The molecule has 0 bridgehead atoms. The maximum atomic E-state index is 8.72. The Morgan fingerprint density at radius 1 is 1.00 bits per heavy atom. The molecule has 0 unspecified atom stereocenters. The first-order valence-corrected chi connectivity index (χ1v) is 8.61. The van der Waals surface area contributed by atoms with Crippen LogP contribution in [-0.2, 0) is 0 Å². The second kappa shape index (κ2) is 9.50. The van der Waals surface area contributed by atoms with Gasteiger partial charge in [0.15, 0.2) is 0 Å². The Morgan fingerprint density at radius 2 is 1.88 bits per heavy atom. The van der Waals surface area contributed by atoms with E-state index in [1.807, 2.05) is 42.5 Å². The normalized spacial score (nSPS) is 10.7. The predicted octanol–water partition coefficient (Wildman–Crippen LogP) is 1.79. The summed E-state index contributed by atoms with van der Waals surface area (Å²) in [7, 11) is 0. The second-order valence-electron chi connectivity index (χ2n) is 5.66. The number of nitrogens with zero attached hydrogens (tertiary/aromatic N) is 4. The largest absolute Gasteiger partial charge is 0.395 e. The third-order valence-corrected chi connectivity index (χ3v) is 3.65. The number of benzene rings is 1. The lowest BCUT2D eigenvalue weighted by Gasteiger charge is -2.08. The van der Waals surface area contributed by atoms with E-state index in [-0.39, 0.29) is 6.61 Å². The molecular weight excluding hydrogens is 330 g/mol. The van der Waals surface area contributed by atoms with E-state index in [0.29, 0.717) is 12.5 Å². The fourth-order valence-electron chi connectivity index (χ4n) is 2.39. The molecule has 8 heteroatoms. The number of rotatable bonds is 10. The standard InChI is InChI=1S/C18H23N7O/c26-12-11-19-8-4-9-20-17-13-16(7-10-21-17)25-14-22-18(24-25)23-15-5-2-1-3-6-15/h1-3,5-7,10,13-14,19,26H,4,8-9,11-12H2,(H,20,21)(H,23,24). The van der Waals surface area contributed by atoms with Gasteiger partial charge in [0.25, 0.3) is 0 Å². The molecular formula is C18H23N7O. The minimum Gasteiger partial charge on any atom is -0.395 e. The first kappa shape index (κ1) is 17.8. The monoisotopic (exact) mass is 353 g/mol. The summed E-state index contributed by atoms with van der Waals surface area (Å²) in [4.78, 5) is 8.62. The van der Waals surface area contributed by atoms with Crippen LogP contribution in [0.2, 0.25) is 0 Å². The average molecular weight is 353 g/mol. The van der Waals surface area contributed by atoms with Gasteiger partial charge in [-0.2, -0.15) is 4.98 Å². The van der Waals surface area contributed by atoms with E-state index in [0.717, 1.165) is 36.7 Å². The molecule has 0 aliphatic heterocycles. The molecule has 0 saturated carbocycles. The molecule has 3 rings (SSSR count). The summed E-state index contributed by atoms with van der Waals surface area (Å²) in [6.45, 7) is 2.44. The minimum atomic E-state index is 0.163. The third-order valence-electron chi connectivity index (χ3n) is 3.65. The summed E-state index contributed by atoms with van der Waals surface area (Å²) in [5.74, 6) is 1.33. The number of hydrogen-bond donors (Lipinski definition) is 4. The quantitative estimate of drug-likeness (QED) is 0.412. The van der Waals surface area contributed by atoms with Crippen LogP contribution in [0.4, 0.5) is 17.5 Å². The molecule has 1 aromatic carbocycles. The van der Waals surface area contributed by atoms with Gasteiger partial charge < -0.3 is 21.1 Å². The van der Waals surface area contributed by atoms with Gasteiger partial charge in [0.1, 0.15) is 12.1 Å². The summed E-state index contributed by atoms with van der Waals surface area (Å²) in [5, 5.41) is 22.8. The maximum Gasteiger partial charge on any atom is 0.246 e. The van der Waals surface area contributed by atoms with Gasteiger partial charge >= 0.3 is 0 Å². The highest BCUT2D eigenvalue weighted by Gasteiger charge is 2.04. The van der Waals surface area contributed by atoms with Crippen LogP contribution in [-0.4, -0.2) is 51.1 Å². The number of aliphatic hydroxyl groups is 1. The fraction of sp³-hybridized carbons (Fsp3) is 0.278.